The van der Waals surface area contributed by atoms with Crippen LogP contribution in [0.3, 0.4) is 0 Å². The topological polar surface area (TPSA) is 67.2 Å². The summed E-state index contributed by atoms with van der Waals surface area (Å²) in [5, 5.41) is 2.94. The summed E-state index contributed by atoms with van der Waals surface area (Å²) in [6.45, 7) is 4.34. The summed E-state index contributed by atoms with van der Waals surface area (Å²) in [6.07, 6.45) is 7.81. The number of aromatic nitrogens is 2. The van der Waals surface area contributed by atoms with Crippen molar-refractivity contribution in [2.45, 2.75) is 52.1 Å². The summed E-state index contributed by atoms with van der Waals surface area (Å²) < 4.78 is 1.97. The van der Waals surface area contributed by atoms with Crippen LogP contribution in [0.15, 0.2) is 23.1 Å². The quantitative estimate of drug-likeness (QED) is 0.877. The molecule has 0 bridgehead atoms. The number of hydrogen-bond acceptors (Lipinski definition) is 5. The van der Waals surface area contributed by atoms with Crippen LogP contribution < -0.4 is 10.2 Å². The van der Waals surface area contributed by atoms with Crippen LogP contribution in [0.4, 0.5) is 5.82 Å². The van der Waals surface area contributed by atoms with Crippen molar-refractivity contribution in [3.63, 3.8) is 0 Å². The third-order valence-corrected chi connectivity index (χ3v) is 6.69. The van der Waals surface area contributed by atoms with Crippen LogP contribution in [0.2, 0.25) is 0 Å². The molecule has 6 nitrogen and oxygen atoms in total. The average molecular weight is 387 g/mol. The SMILES string of the molecule is Cc1ccnc(NC(=O)C2CCN(Cn3c4c(sc3=O)CCCC4)CC2)c1. The van der Waals surface area contributed by atoms with Gasteiger partial charge in [0.15, 0.2) is 0 Å². The standard InChI is InChI=1S/C20H26N4O2S/c1-14-6-9-21-18(12-14)22-19(25)15-7-10-23(11-8-15)13-24-16-4-2-3-5-17(16)27-20(24)26/h6,9,12,15H,2-5,7-8,10-11,13H2,1H3,(H,21,22,25). The Labute approximate surface area is 163 Å². The zero-order valence-electron chi connectivity index (χ0n) is 15.7. The van der Waals surface area contributed by atoms with Crippen molar-refractivity contribution >= 4 is 23.1 Å². The second-order valence-corrected chi connectivity index (χ2v) is 8.66. The number of rotatable bonds is 4. The summed E-state index contributed by atoms with van der Waals surface area (Å²) >= 11 is 1.42. The van der Waals surface area contributed by atoms with E-state index in [1.165, 1.54) is 34.7 Å². The molecule has 1 saturated heterocycles. The predicted molar refractivity (Wildman–Crippen MR) is 107 cm³/mol. The molecular formula is C20H26N4O2S. The maximum Gasteiger partial charge on any atom is 0.308 e. The molecule has 1 fully saturated rings. The van der Waals surface area contributed by atoms with Crippen LogP contribution in [0, 0.1) is 12.8 Å². The van der Waals surface area contributed by atoms with Gasteiger partial charge in [-0.15, -0.1) is 0 Å². The molecule has 0 saturated carbocycles. The van der Waals surface area contributed by atoms with Gasteiger partial charge in [0, 0.05) is 35.8 Å². The second kappa shape index (κ2) is 7.94. The smallest absolute Gasteiger partial charge is 0.308 e. The highest BCUT2D eigenvalue weighted by molar-refractivity contribution is 7.09. The molecule has 4 rings (SSSR count). The molecule has 0 atom stereocenters. The molecule has 0 aromatic carbocycles. The number of amides is 1. The number of piperidine rings is 1. The number of nitrogens with zero attached hydrogens (tertiary/aromatic N) is 3. The summed E-state index contributed by atoms with van der Waals surface area (Å²) in [4.78, 5) is 32.9. The highest BCUT2D eigenvalue weighted by Gasteiger charge is 2.27. The number of nitrogens with one attached hydrogen (secondary N) is 1. The van der Waals surface area contributed by atoms with Crippen molar-refractivity contribution in [3.8, 4) is 0 Å². The van der Waals surface area contributed by atoms with Gasteiger partial charge in [0.25, 0.3) is 0 Å². The number of hydrogen-bond donors (Lipinski definition) is 1. The largest absolute Gasteiger partial charge is 0.310 e. The first-order valence-corrected chi connectivity index (χ1v) is 10.6. The third-order valence-electron chi connectivity index (χ3n) is 5.61. The zero-order chi connectivity index (χ0) is 18.8. The van der Waals surface area contributed by atoms with E-state index >= 15 is 0 Å². The summed E-state index contributed by atoms with van der Waals surface area (Å²) in [7, 11) is 0. The lowest BCUT2D eigenvalue weighted by Crippen LogP contribution is -2.40. The van der Waals surface area contributed by atoms with Gasteiger partial charge < -0.3 is 5.32 Å². The molecule has 1 amide bonds. The first-order valence-electron chi connectivity index (χ1n) is 9.77. The molecule has 0 spiro atoms. The normalized spacial score (nSPS) is 18.3. The van der Waals surface area contributed by atoms with Gasteiger partial charge in [-0.3, -0.25) is 19.1 Å². The Hall–Kier alpha value is -1.99. The maximum absolute atomic E-state index is 12.5. The van der Waals surface area contributed by atoms with E-state index < -0.39 is 0 Å². The number of aryl methyl sites for hydroxylation is 2. The molecular weight excluding hydrogens is 360 g/mol. The Morgan fingerprint density at radius 3 is 2.85 bits per heavy atom. The first-order chi connectivity index (χ1) is 13.1. The van der Waals surface area contributed by atoms with Gasteiger partial charge in [0.05, 0.1) is 6.67 Å². The van der Waals surface area contributed by atoms with Crippen molar-refractivity contribution < 1.29 is 4.79 Å². The number of carbonyl (C=O) groups is 1. The fourth-order valence-electron chi connectivity index (χ4n) is 4.04. The predicted octanol–water partition coefficient (Wildman–Crippen LogP) is 2.80. The van der Waals surface area contributed by atoms with Crippen LogP contribution in [-0.2, 0) is 24.3 Å². The lowest BCUT2D eigenvalue weighted by atomic mass is 9.96. The summed E-state index contributed by atoms with van der Waals surface area (Å²) in [5.74, 6) is 0.688. The molecule has 0 unspecified atom stereocenters. The number of likely N-dealkylation sites (tertiary alicyclic amines) is 1. The molecule has 144 valence electrons. The first kappa shape index (κ1) is 18.4. The van der Waals surface area contributed by atoms with Crippen LogP contribution in [0.25, 0.3) is 0 Å². The van der Waals surface area contributed by atoms with Crippen molar-refractivity contribution in [1.29, 1.82) is 0 Å². The molecule has 1 aliphatic heterocycles. The molecule has 1 N–H and O–H groups in total. The Bertz CT molecular complexity index is 880. The van der Waals surface area contributed by atoms with Crippen LogP contribution >= 0.6 is 11.3 Å². The summed E-state index contributed by atoms with van der Waals surface area (Å²) in [6, 6.07) is 3.80. The van der Waals surface area contributed by atoms with Gasteiger partial charge >= 0.3 is 4.87 Å². The van der Waals surface area contributed by atoms with E-state index in [9.17, 15) is 9.59 Å². The third kappa shape index (κ3) is 4.14. The Morgan fingerprint density at radius 1 is 1.30 bits per heavy atom. The second-order valence-electron chi connectivity index (χ2n) is 7.61. The highest BCUT2D eigenvalue weighted by atomic mass is 32.1. The van der Waals surface area contributed by atoms with E-state index in [1.54, 1.807) is 6.20 Å². The Morgan fingerprint density at radius 2 is 2.07 bits per heavy atom. The number of anilines is 1. The molecule has 2 aromatic rings. The zero-order valence-corrected chi connectivity index (χ0v) is 16.6. The minimum atomic E-state index is 0.0108. The lowest BCUT2D eigenvalue weighted by Gasteiger charge is -2.31. The average Bonchev–Trinajstić information content (AvgIpc) is 2.98. The number of pyridine rings is 1. The number of fused-ring (bicyclic) bond motifs is 1. The Balaban J connectivity index is 1.33. The van der Waals surface area contributed by atoms with Gasteiger partial charge in [-0.2, -0.15) is 0 Å². The van der Waals surface area contributed by atoms with E-state index in [4.69, 9.17) is 0 Å². The van der Waals surface area contributed by atoms with Crippen LogP contribution in [-0.4, -0.2) is 33.4 Å². The van der Waals surface area contributed by atoms with Crippen molar-refractivity contribution in [3.05, 3.63) is 44.1 Å². The monoisotopic (exact) mass is 386 g/mol. The highest BCUT2D eigenvalue weighted by Crippen LogP contribution is 2.25. The minimum Gasteiger partial charge on any atom is -0.310 e. The van der Waals surface area contributed by atoms with Gasteiger partial charge in [-0.1, -0.05) is 11.3 Å². The van der Waals surface area contributed by atoms with Gasteiger partial charge in [-0.05, 0) is 63.1 Å². The van der Waals surface area contributed by atoms with Gasteiger partial charge in [0.2, 0.25) is 5.91 Å². The van der Waals surface area contributed by atoms with E-state index in [-0.39, 0.29) is 16.7 Å². The van der Waals surface area contributed by atoms with E-state index in [0.29, 0.717) is 12.5 Å². The molecule has 0 radical (unpaired) electrons. The molecule has 2 aromatic heterocycles. The van der Waals surface area contributed by atoms with Gasteiger partial charge in [-0.25, -0.2) is 4.98 Å². The fourth-order valence-corrected chi connectivity index (χ4v) is 5.11. The fraction of sp³-hybridized carbons (Fsp3) is 0.550. The van der Waals surface area contributed by atoms with Gasteiger partial charge in [0.1, 0.15) is 5.82 Å². The lowest BCUT2D eigenvalue weighted by molar-refractivity contribution is -0.121. The van der Waals surface area contributed by atoms with Crippen LogP contribution in [0.1, 0.15) is 41.8 Å². The number of carbonyl (C=O) groups excluding carboxylic acids is 1. The van der Waals surface area contributed by atoms with Crippen molar-refractivity contribution in [1.82, 2.24) is 14.5 Å². The minimum absolute atomic E-state index is 0.0108. The Kier molecular flexibility index (Phi) is 5.41. The molecule has 2 aliphatic rings. The summed E-state index contributed by atoms with van der Waals surface area (Å²) in [5.41, 5.74) is 2.33. The van der Waals surface area contributed by atoms with Crippen molar-refractivity contribution in [2.75, 3.05) is 18.4 Å². The molecule has 7 heteroatoms. The maximum atomic E-state index is 12.5. The van der Waals surface area contributed by atoms with Crippen LogP contribution in [0.5, 0.6) is 0 Å². The molecule has 27 heavy (non-hydrogen) atoms. The van der Waals surface area contributed by atoms with E-state index in [1.807, 2.05) is 23.6 Å². The molecule has 3 heterocycles. The van der Waals surface area contributed by atoms with E-state index in [0.717, 1.165) is 44.3 Å². The van der Waals surface area contributed by atoms with Crippen molar-refractivity contribution in [2.24, 2.45) is 5.92 Å². The molecule has 1 aliphatic carbocycles. The number of thiazole rings is 1. The van der Waals surface area contributed by atoms with E-state index in [2.05, 4.69) is 15.2 Å².